The van der Waals surface area contributed by atoms with Gasteiger partial charge >= 0.3 is 21.6 Å². The summed E-state index contributed by atoms with van der Waals surface area (Å²) in [7, 11) is -4.91. The Hall–Kier alpha value is -2.95. The molecule has 5 atom stereocenters. The average Bonchev–Trinajstić information content (AvgIpc) is 3.35. The quantitative estimate of drug-likeness (QED) is 0.211. The number of likely N-dealkylation sites (N-methyl/N-ethyl adjacent to an activating group) is 1. The van der Waals surface area contributed by atoms with Crippen LogP contribution in [0, 0.1) is 28.6 Å². The van der Waals surface area contributed by atoms with E-state index in [2.05, 4.69) is 16.0 Å². The van der Waals surface area contributed by atoms with Crippen LogP contribution in [0.4, 0.5) is 18.0 Å². The van der Waals surface area contributed by atoms with E-state index >= 15 is 0 Å². The zero-order valence-electron chi connectivity index (χ0n) is 29.4. The van der Waals surface area contributed by atoms with E-state index in [0.717, 1.165) is 26.3 Å². The lowest BCUT2D eigenvalue weighted by atomic mass is 9.80. The Morgan fingerprint density at radius 1 is 0.917 bits per heavy atom. The number of carbonyl (C=O) groups is 5. The summed E-state index contributed by atoms with van der Waals surface area (Å²) >= 11 is 0. The van der Waals surface area contributed by atoms with Crippen molar-refractivity contribution in [3.05, 3.63) is 0 Å². The Morgan fingerprint density at radius 2 is 1.48 bits per heavy atom. The maximum atomic E-state index is 14.2. The third kappa shape index (κ3) is 10.0. The van der Waals surface area contributed by atoms with Crippen LogP contribution in [0.15, 0.2) is 0 Å². The molecule has 17 heteroatoms. The highest BCUT2D eigenvalue weighted by atomic mass is 32.2. The number of rotatable bonds is 13. The number of nitrogens with one attached hydrogen (secondary N) is 3. The summed E-state index contributed by atoms with van der Waals surface area (Å²) in [6, 6.07) is -5.42. The lowest BCUT2D eigenvalue weighted by molar-refractivity contribution is -0.144. The summed E-state index contributed by atoms with van der Waals surface area (Å²) < 4.78 is 63.6. The molecule has 1 aliphatic heterocycles. The van der Waals surface area contributed by atoms with Gasteiger partial charge in [-0.15, -0.1) is 0 Å². The molecule has 0 spiro atoms. The van der Waals surface area contributed by atoms with Gasteiger partial charge in [-0.3, -0.25) is 19.2 Å². The highest BCUT2D eigenvalue weighted by Crippen LogP contribution is 2.35. The molecule has 13 nitrogen and oxygen atoms in total. The first-order chi connectivity index (χ1) is 21.7. The third-order valence-electron chi connectivity index (χ3n) is 9.40. The molecule has 2 aliphatic rings. The van der Waals surface area contributed by atoms with Crippen molar-refractivity contribution in [1.82, 2.24) is 25.2 Å². The molecular weight excluding hydrogens is 657 g/mol. The Labute approximate surface area is 281 Å². The molecule has 0 aromatic heterocycles. The van der Waals surface area contributed by atoms with Gasteiger partial charge in [0.15, 0.2) is 0 Å². The molecule has 1 aliphatic carbocycles. The molecule has 1 saturated carbocycles. The predicted molar refractivity (Wildman–Crippen MR) is 172 cm³/mol. The molecule has 2 rings (SSSR count). The van der Waals surface area contributed by atoms with Gasteiger partial charge in [-0.1, -0.05) is 74.7 Å². The lowest BCUT2D eigenvalue weighted by Gasteiger charge is -2.38. The molecule has 48 heavy (non-hydrogen) atoms. The highest BCUT2D eigenvalue weighted by molar-refractivity contribution is 7.89. The Balaban J connectivity index is 2.35. The topological polar surface area (TPSA) is 188 Å². The van der Waals surface area contributed by atoms with E-state index in [1.165, 1.54) is 4.90 Å². The number of ketones is 1. The second kappa shape index (κ2) is 15.3. The van der Waals surface area contributed by atoms with Gasteiger partial charge in [0.25, 0.3) is 5.91 Å². The fourth-order valence-electron chi connectivity index (χ4n) is 6.03. The third-order valence-corrected chi connectivity index (χ3v) is 11.0. The summed E-state index contributed by atoms with van der Waals surface area (Å²) in [4.78, 5) is 67.3. The van der Waals surface area contributed by atoms with E-state index in [-0.39, 0.29) is 35.0 Å². The number of primary amides is 1. The van der Waals surface area contributed by atoms with E-state index in [1.54, 1.807) is 41.5 Å². The minimum absolute atomic E-state index is 0.0580. The van der Waals surface area contributed by atoms with Crippen molar-refractivity contribution in [2.45, 2.75) is 117 Å². The molecule has 1 saturated heterocycles. The molecule has 5 amide bonds. The summed E-state index contributed by atoms with van der Waals surface area (Å²) in [5.74, 6) is -3.51. The Bertz CT molecular complexity index is 1320. The first kappa shape index (κ1) is 41.2. The largest absolute Gasteiger partial charge is 0.511 e. The molecule has 0 aromatic rings. The number of hydrogen-bond acceptors (Lipinski definition) is 7. The summed E-state index contributed by atoms with van der Waals surface area (Å²) in [5.41, 5.74) is -2.08. The molecule has 2 fully saturated rings. The molecule has 0 radical (unpaired) electrons. The molecule has 0 bridgehead atoms. The zero-order chi connectivity index (χ0) is 37.2. The van der Waals surface area contributed by atoms with E-state index in [1.807, 2.05) is 13.8 Å². The minimum atomic E-state index is -5.67. The monoisotopic (exact) mass is 710 g/mol. The fourth-order valence-corrected chi connectivity index (χ4v) is 6.73. The van der Waals surface area contributed by atoms with Crippen molar-refractivity contribution in [1.29, 1.82) is 0 Å². The van der Waals surface area contributed by atoms with Gasteiger partial charge < -0.3 is 26.6 Å². The number of nitrogens with zero attached hydrogens (tertiary/aromatic N) is 2. The SMILES string of the molecule is CC(C)C1CCN(C(=O)[C@@H](NC(=O)N[C@H](CN(C)S(=O)(=O)C(F)(F)F)C(C)(C)C)C(C)(C)C)[C@@H]1C(=O)NC(CC1CCC1)C(=O)C(N)=O. The number of hydrogen-bond donors (Lipinski definition) is 4. The van der Waals surface area contributed by atoms with Crippen molar-refractivity contribution in [2.75, 3.05) is 20.1 Å². The van der Waals surface area contributed by atoms with Crippen LogP contribution in [0.25, 0.3) is 0 Å². The van der Waals surface area contributed by atoms with Gasteiger partial charge in [-0.25, -0.2) is 13.2 Å². The van der Waals surface area contributed by atoms with E-state index in [4.69, 9.17) is 5.73 Å². The van der Waals surface area contributed by atoms with Crippen LogP contribution in [0.3, 0.4) is 0 Å². The van der Waals surface area contributed by atoms with Gasteiger partial charge in [0.05, 0.1) is 6.04 Å². The van der Waals surface area contributed by atoms with Crippen molar-refractivity contribution >= 4 is 39.6 Å². The Morgan fingerprint density at radius 3 is 1.90 bits per heavy atom. The zero-order valence-corrected chi connectivity index (χ0v) is 30.2. The van der Waals surface area contributed by atoms with Crippen LogP contribution >= 0.6 is 0 Å². The number of urea groups is 1. The summed E-state index contributed by atoms with van der Waals surface area (Å²) in [6.45, 7) is 13.1. The minimum Gasteiger partial charge on any atom is -0.363 e. The van der Waals surface area contributed by atoms with Crippen molar-refractivity contribution in [3.8, 4) is 0 Å². The molecule has 276 valence electrons. The number of amides is 5. The maximum Gasteiger partial charge on any atom is 0.511 e. The normalized spacial score (nSPS) is 21.3. The number of Topliss-reactive ketones (excluding diaryl/α,β-unsaturated/α-hetero) is 1. The van der Waals surface area contributed by atoms with E-state index < -0.39 is 86.6 Å². The van der Waals surface area contributed by atoms with Crippen LogP contribution in [0.5, 0.6) is 0 Å². The van der Waals surface area contributed by atoms with Crippen molar-refractivity contribution < 1.29 is 45.6 Å². The van der Waals surface area contributed by atoms with Crippen LogP contribution in [-0.2, 0) is 29.2 Å². The van der Waals surface area contributed by atoms with Crippen LogP contribution in [-0.4, -0.2) is 97.0 Å². The number of likely N-dealkylation sites (tertiary alicyclic amines) is 1. The van der Waals surface area contributed by atoms with Gasteiger partial charge in [0, 0.05) is 26.2 Å². The van der Waals surface area contributed by atoms with Crippen LogP contribution in [0.1, 0.15) is 87.5 Å². The van der Waals surface area contributed by atoms with E-state index in [9.17, 15) is 45.6 Å². The second-order valence-electron chi connectivity index (χ2n) is 15.6. The van der Waals surface area contributed by atoms with E-state index in [0.29, 0.717) is 6.42 Å². The number of nitrogens with two attached hydrogens (primary N) is 1. The fraction of sp³-hybridized carbons (Fsp3) is 0.839. The molecule has 2 unspecified atom stereocenters. The number of sulfonamides is 1. The van der Waals surface area contributed by atoms with Gasteiger partial charge in [0.1, 0.15) is 12.1 Å². The maximum absolute atomic E-state index is 14.2. The lowest BCUT2D eigenvalue weighted by Crippen LogP contribution is -2.62. The first-order valence-corrected chi connectivity index (χ1v) is 17.7. The first-order valence-electron chi connectivity index (χ1n) is 16.2. The van der Waals surface area contributed by atoms with Gasteiger partial charge in [-0.05, 0) is 41.4 Å². The highest BCUT2D eigenvalue weighted by Gasteiger charge is 2.50. The molecular formula is C31H53F3N6O7S. The molecule has 0 aromatic carbocycles. The summed E-state index contributed by atoms with van der Waals surface area (Å²) in [6.07, 6.45) is 3.39. The second-order valence-corrected chi connectivity index (χ2v) is 17.6. The number of carbonyl (C=O) groups excluding carboxylic acids is 5. The van der Waals surface area contributed by atoms with Gasteiger partial charge in [0.2, 0.25) is 17.6 Å². The van der Waals surface area contributed by atoms with Crippen molar-refractivity contribution in [2.24, 2.45) is 34.3 Å². The predicted octanol–water partition coefficient (Wildman–Crippen LogP) is 2.50. The van der Waals surface area contributed by atoms with Crippen LogP contribution in [0.2, 0.25) is 0 Å². The van der Waals surface area contributed by atoms with Gasteiger partial charge in [-0.2, -0.15) is 17.5 Å². The average molecular weight is 711 g/mol. The summed E-state index contributed by atoms with van der Waals surface area (Å²) in [5, 5.41) is 7.86. The van der Waals surface area contributed by atoms with Crippen LogP contribution < -0.4 is 21.7 Å². The molecule has 1 heterocycles. The number of halogens is 3. The van der Waals surface area contributed by atoms with Crippen molar-refractivity contribution in [3.63, 3.8) is 0 Å². The molecule has 5 N–H and O–H groups in total. The number of alkyl halides is 3. The Kier molecular flexibility index (Phi) is 13.1. The smallest absolute Gasteiger partial charge is 0.363 e. The standard InChI is InChI=1S/C31H53F3N6O7S/c1-17(2)19-13-14-40(22(19)26(43)36-20(23(41)25(35)42)15-18-11-10-12-18)27(44)24(30(6,7)8)38-28(45)37-21(29(3,4)5)16-39(9)48(46,47)31(32,33)34/h17-22,24H,10-16H2,1-9H3,(H2,35,42)(H,36,43)(H2,37,38,45)/t19?,20?,21-,22+,24-/m1/s1.